The van der Waals surface area contributed by atoms with Crippen molar-refractivity contribution in [3.63, 3.8) is 0 Å². The first-order valence-electron chi connectivity index (χ1n) is 13.2. The lowest BCUT2D eigenvalue weighted by molar-refractivity contribution is -0.307. The van der Waals surface area contributed by atoms with Crippen molar-refractivity contribution in [1.82, 2.24) is 0 Å². The smallest absolute Gasteiger partial charge is 0.229 e. The fourth-order valence-electron chi connectivity index (χ4n) is 4.82. The van der Waals surface area contributed by atoms with E-state index >= 15 is 0 Å². The number of benzene rings is 2. The molecule has 0 bridgehead atoms. The zero-order valence-electron chi connectivity index (χ0n) is 23.0. The van der Waals surface area contributed by atoms with E-state index in [1.165, 1.54) is 44.6 Å². The Balaban J connectivity index is 1.41. The first-order valence-corrected chi connectivity index (χ1v) is 13.2. The lowest BCUT2D eigenvalue weighted by atomic mass is 9.99. The molecule has 234 valence electrons. The summed E-state index contributed by atoms with van der Waals surface area (Å²) in [5, 5.41) is 71.4. The summed E-state index contributed by atoms with van der Waals surface area (Å²) in [6, 6.07) is 8.41. The molecule has 5 rings (SSSR count). The zero-order chi connectivity index (χ0) is 31.0. The predicted octanol–water partition coefficient (Wildman–Crippen LogP) is -1.18. The van der Waals surface area contributed by atoms with Crippen LogP contribution in [0, 0.1) is 0 Å². The van der Waals surface area contributed by atoms with E-state index in [9.17, 15) is 40.5 Å². The molecule has 1 aromatic heterocycles. The Morgan fingerprint density at radius 3 is 2.28 bits per heavy atom. The van der Waals surface area contributed by atoms with Crippen LogP contribution in [0.25, 0.3) is 22.3 Å². The molecule has 0 saturated carbocycles. The molecule has 0 aliphatic carbocycles. The van der Waals surface area contributed by atoms with Gasteiger partial charge in [-0.05, 0) is 18.2 Å². The molecule has 3 aromatic rings. The van der Waals surface area contributed by atoms with Crippen molar-refractivity contribution in [2.24, 2.45) is 0 Å². The Bertz CT molecular complexity index is 1490. The van der Waals surface area contributed by atoms with Gasteiger partial charge in [0.25, 0.3) is 0 Å². The molecular weight excluding hydrogens is 576 g/mol. The fraction of sp³-hybridized carbons (Fsp3) is 0.464. The molecule has 9 atom stereocenters. The minimum atomic E-state index is -1.78. The van der Waals surface area contributed by atoms with Crippen LogP contribution in [0.5, 0.6) is 23.0 Å². The molecule has 7 N–H and O–H groups in total. The van der Waals surface area contributed by atoms with Crippen LogP contribution >= 0.6 is 0 Å². The summed E-state index contributed by atoms with van der Waals surface area (Å²) in [6.07, 6.45) is -14.0. The fourth-order valence-corrected chi connectivity index (χ4v) is 4.82. The van der Waals surface area contributed by atoms with E-state index in [0.717, 1.165) is 0 Å². The summed E-state index contributed by atoms with van der Waals surface area (Å²) in [5.74, 6) is 0.241. The third kappa shape index (κ3) is 6.12. The standard InChI is InChI=1S/C28H32O15/c1-37-12-6-18-21(14(30)8-17(41-18)11-3-4-16(38-2)13(29)5-11)19(7-12)42-28-26(36)24(34)23(33)20(43-28)10-40-27-25(35)22(32)15(31)9-39-27/h3-8,15,20,22-29,31-36H,9-10H2,1-2H3/t15-,20-,22+,23-,24+,25-,26-,27+,28-/m1/s1. The maximum atomic E-state index is 13.3. The van der Waals surface area contributed by atoms with Crippen molar-refractivity contribution in [2.75, 3.05) is 27.4 Å². The van der Waals surface area contributed by atoms with Gasteiger partial charge in [-0.3, -0.25) is 4.79 Å². The average molecular weight is 609 g/mol. The minimum Gasteiger partial charge on any atom is -0.504 e. The highest BCUT2D eigenvalue weighted by Crippen LogP contribution is 2.36. The number of ether oxygens (including phenoxy) is 6. The number of aliphatic hydroxyl groups excluding tert-OH is 6. The first kappa shape index (κ1) is 30.9. The highest BCUT2D eigenvalue weighted by atomic mass is 16.7. The molecule has 2 aromatic carbocycles. The summed E-state index contributed by atoms with van der Waals surface area (Å²) in [4.78, 5) is 13.3. The van der Waals surface area contributed by atoms with E-state index in [-0.39, 0.29) is 46.3 Å². The van der Waals surface area contributed by atoms with Crippen LogP contribution in [0.3, 0.4) is 0 Å². The van der Waals surface area contributed by atoms with Gasteiger partial charge >= 0.3 is 0 Å². The number of hydrogen-bond donors (Lipinski definition) is 7. The van der Waals surface area contributed by atoms with Gasteiger partial charge in [-0.1, -0.05) is 0 Å². The quantitative estimate of drug-likeness (QED) is 0.160. The number of phenolic OH excluding ortho intramolecular Hbond substituents is 1. The Morgan fingerprint density at radius 1 is 0.837 bits per heavy atom. The summed E-state index contributed by atoms with van der Waals surface area (Å²) < 4.78 is 38.4. The lowest BCUT2D eigenvalue weighted by Crippen LogP contribution is -2.61. The molecule has 0 amide bonds. The summed E-state index contributed by atoms with van der Waals surface area (Å²) in [6.45, 7) is -0.814. The number of aromatic hydroxyl groups is 1. The highest BCUT2D eigenvalue weighted by Gasteiger charge is 2.46. The topological polar surface area (TPSA) is 227 Å². The second-order valence-electron chi connectivity index (χ2n) is 10.1. The van der Waals surface area contributed by atoms with Crippen molar-refractivity contribution in [3.8, 4) is 34.3 Å². The molecule has 43 heavy (non-hydrogen) atoms. The van der Waals surface area contributed by atoms with E-state index in [4.69, 9.17) is 32.8 Å². The number of methoxy groups -OCH3 is 2. The van der Waals surface area contributed by atoms with E-state index in [1.54, 1.807) is 6.07 Å². The summed E-state index contributed by atoms with van der Waals surface area (Å²) in [7, 11) is 2.76. The largest absolute Gasteiger partial charge is 0.504 e. The van der Waals surface area contributed by atoms with Crippen molar-refractivity contribution in [1.29, 1.82) is 0 Å². The predicted molar refractivity (Wildman–Crippen MR) is 144 cm³/mol. The normalized spacial score (nSPS) is 31.1. The second kappa shape index (κ2) is 12.6. The van der Waals surface area contributed by atoms with Gasteiger partial charge in [-0.15, -0.1) is 0 Å². The lowest BCUT2D eigenvalue weighted by Gasteiger charge is -2.41. The number of phenols is 1. The molecule has 0 radical (unpaired) electrons. The molecule has 3 heterocycles. The number of hydrogen-bond acceptors (Lipinski definition) is 15. The molecule has 0 unspecified atom stereocenters. The Labute approximate surface area is 243 Å². The van der Waals surface area contributed by atoms with Crippen LogP contribution < -0.4 is 19.6 Å². The number of fused-ring (bicyclic) bond motifs is 1. The van der Waals surface area contributed by atoms with Crippen molar-refractivity contribution in [3.05, 3.63) is 46.6 Å². The number of aliphatic hydroxyl groups is 6. The van der Waals surface area contributed by atoms with Crippen LogP contribution in [0.1, 0.15) is 0 Å². The van der Waals surface area contributed by atoms with E-state index < -0.39 is 67.3 Å². The number of rotatable bonds is 8. The molecule has 15 heteroatoms. The molecule has 2 aliphatic heterocycles. The van der Waals surface area contributed by atoms with Gasteiger partial charge in [-0.25, -0.2) is 0 Å². The molecule has 15 nitrogen and oxygen atoms in total. The van der Waals surface area contributed by atoms with Gasteiger partial charge in [0.1, 0.15) is 71.0 Å². The SMILES string of the molecule is COc1cc(O[C@@H]2O[C@H](CO[C@@H]3OC[C@@H](O)[C@H](O)[C@H]3O)[C@@H](O)[C@H](O)[C@H]2O)c2c(=O)cc(-c3ccc(OC)c(O)c3)oc2c1. The Kier molecular flexibility index (Phi) is 9.07. The van der Waals surface area contributed by atoms with Gasteiger partial charge in [0.15, 0.2) is 23.2 Å². The third-order valence-electron chi connectivity index (χ3n) is 7.26. The Hall–Kier alpha value is -3.51. The molecular formula is C28H32O15. The van der Waals surface area contributed by atoms with Gasteiger partial charge < -0.3 is 68.6 Å². The van der Waals surface area contributed by atoms with Gasteiger partial charge in [0.05, 0.1) is 27.4 Å². The van der Waals surface area contributed by atoms with Gasteiger partial charge in [0.2, 0.25) is 6.29 Å². The maximum Gasteiger partial charge on any atom is 0.229 e. The highest BCUT2D eigenvalue weighted by molar-refractivity contribution is 5.86. The van der Waals surface area contributed by atoms with E-state index in [0.29, 0.717) is 5.56 Å². The molecule has 2 aliphatic rings. The maximum absolute atomic E-state index is 13.3. The Morgan fingerprint density at radius 2 is 1.58 bits per heavy atom. The molecule has 2 fully saturated rings. The van der Waals surface area contributed by atoms with Crippen LogP contribution in [-0.2, 0) is 14.2 Å². The van der Waals surface area contributed by atoms with Crippen LogP contribution in [0.15, 0.2) is 45.6 Å². The molecule has 2 saturated heterocycles. The van der Waals surface area contributed by atoms with E-state index in [1.807, 2.05) is 0 Å². The minimum absolute atomic E-state index is 0.0297. The van der Waals surface area contributed by atoms with Crippen LogP contribution in [0.2, 0.25) is 0 Å². The summed E-state index contributed by atoms with van der Waals surface area (Å²) in [5.41, 5.74) is -0.149. The van der Waals surface area contributed by atoms with Crippen LogP contribution in [0.4, 0.5) is 0 Å². The first-order chi connectivity index (χ1) is 20.5. The van der Waals surface area contributed by atoms with E-state index in [2.05, 4.69) is 0 Å². The monoisotopic (exact) mass is 608 g/mol. The van der Waals surface area contributed by atoms with Crippen molar-refractivity contribution < 1.29 is 68.6 Å². The third-order valence-corrected chi connectivity index (χ3v) is 7.26. The second-order valence-corrected chi connectivity index (χ2v) is 10.1. The zero-order valence-corrected chi connectivity index (χ0v) is 23.0. The summed E-state index contributed by atoms with van der Waals surface area (Å²) >= 11 is 0. The van der Waals surface area contributed by atoms with Crippen molar-refractivity contribution in [2.45, 2.75) is 55.3 Å². The average Bonchev–Trinajstić information content (AvgIpc) is 2.99. The van der Waals surface area contributed by atoms with Gasteiger partial charge in [-0.2, -0.15) is 0 Å². The van der Waals surface area contributed by atoms with Crippen molar-refractivity contribution >= 4 is 11.0 Å². The molecule has 0 spiro atoms. The van der Waals surface area contributed by atoms with Gasteiger partial charge in [0, 0.05) is 23.8 Å². The van der Waals surface area contributed by atoms with Crippen LogP contribution in [-0.4, -0.2) is 118 Å².